The van der Waals surface area contributed by atoms with Crippen LogP contribution < -0.4 is 5.32 Å². The Labute approximate surface area is 122 Å². The zero-order valence-corrected chi connectivity index (χ0v) is 11.7. The summed E-state index contributed by atoms with van der Waals surface area (Å²) >= 11 is 0. The highest BCUT2D eigenvalue weighted by atomic mass is 16.4. The highest BCUT2D eigenvalue weighted by Crippen LogP contribution is 2.37. The van der Waals surface area contributed by atoms with Crippen LogP contribution in [0.15, 0.2) is 30.5 Å². The third-order valence-electron chi connectivity index (χ3n) is 4.44. The average molecular weight is 286 g/mol. The summed E-state index contributed by atoms with van der Waals surface area (Å²) in [5.41, 5.74) is 0.669. The number of benzene rings is 1. The van der Waals surface area contributed by atoms with Crippen molar-refractivity contribution in [3.8, 4) is 0 Å². The number of nitrogens with one attached hydrogen (secondary N) is 2. The molecule has 0 spiro atoms. The number of hydrogen-bond donors (Lipinski definition) is 3. The van der Waals surface area contributed by atoms with Gasteiger partial charge in [-0.25, -0.2) is 0 Å². The van der Waals surface area contributed by atoms with E-state index in [2.05, 4.69) is 10.3 Å². The SMILES string of the molecule is O=C(NCC1(C(=O)O)CCCC1)c1c[nH]c2ccccc12. The van der Waals surface area contributed by atoms with Crippen LogP contribution in [0.25, 0.3) is 10.9 Å². The van der Waals surface area contributed by atoms with Crippen molar-refractivity contribution >= 4 is 22.8 Å². The van der Waals surface area contributed by atoms with Gasteiger partial charge in [0, 0.05) is 23.6 Å². The lowest BCUT2D eigenvalue weighted by Crippen LogP contribution is -2.41. The Bertz CT molecular complexity index is 684. The van der Waals surface area contributed by atoms with Gasteiger partial charge < -0.3 is 15.4 Å². The lowest BCUT2D eigenvalue weighted by atomic mass is 9.86. The summed E-state index contributed by atoms with van der Waals surface area (Å²) < 4.78 is 0. The molecule has 1 aliphatic carbocycles. The molecule has 1 amide bonds. The number of aliphatic carboxylic acids is 1. The average Bonchev–Trinajstić information content (AvgIpc) is 3.12. The van der Waals surface area contributed by atoms with Gasteiger partial charge in [0.1, 0.15) is 0 Å². The maximum Gasteiger partial charge on any atom is 0.311 e. The number of hydrogen-bond acceptors (Lipinski definition) is 2. The molecule has 21 heavy (non-hydrogen) atoms. The third-order valence-corrected chi connectivity index (χ3v) is 4.44. The normalized spacial score (nSPS) is 17.0. The van der Waals surface area contributed by atoms with Crippen LogP contribution in [-0.4, -0.2) is 28.5 Å². The summed E-state index contributed by atoms with van der Waals surface area (Å²) in [7, 11) is 0. The van der Waals surface area contributed by atoms with Gasteiger partial charge in [0.2, 0.25) is 0 Å². The topological polar surface area (TPSA) is 82.2 Å². The highest BCUT2D eigenvalue weighted by Gasteiger charge is 2.41. The smallest absolute Gasteiger partial charge is 0.311 e. The Balaban J connectivity index is 1.76. The number of para-hydroxylation sites is 1. The van der Waals surface area contributed by atoms with Crippen LogP contribution in [0.3, 0.4) is 0 Å². The van der Waals surface area contributed by atoms with Gasteiger partial charge in [-0.05, 0) is 18.9 Å². The molecule has 1 fully saturated rings. The van der Waals surface area contributed by atoms with Gasteiger partial charge in [0.05, 0.1) is 11.0 Å². The second-order valence-electron chi connectivity index (χ2n) is 5.72. The van der Waals surface area contributed by atoms with Crippen molar-refractivity contribution in [1.82, 2.24) is 10.3 Å². The zero-order valence-electron chi connectivity index (χ0n) is 11.7. The van der Waals surface area contributed by atoms with Gasteiger partial charge in [-0.3, -0.25) is 9.59 Å². The van der Waals surface area contributed by atoms with E-state index in [1.54, 1.807) is 6.20 Å². The Morgan fingerprint density at radius 3 is 2.67 bits per heavy atom. The Kier molecular flexibility index (Phi) is 3.41. The Morgan fingerprint density at radius 2 is 1.95 bits per heavy atom. The molecule has 3 rings (SSSR count). The molecular formula is C16H18N2O3. The molecule has 1 saturated carbocycles. The lowest BCUT2D eigenvalue weighted by Gasteiger charge is -2.23. The van der Waals surface area contributed by atoms with Crippen LogP contribution in [0.5, 0.6) is 0 Å². The molecule has 1 aromatic carbocycles. The molecule has 5 nitrogen and oxygen atoms in total. The van der Waals surface area contributed by atoms with Gasteiger partial charge in [0.25, 0.3) is 5.91 Å². The van der Waals surface area contributed by atoms with E-state index in [-0.39, 0.29) is 12.5 Å². The van der Waals surface area contributed by atoms with Gasteiger partial charge in [-0.1, -0.05) is 31.0 Å². The summed E-state index contributed by atoms with van der Waals surface area (Å²) in [6.45, 7) is 0.195. The number of aromatic nitrogens is 1. The molecule has 0 aliphatic heterocycles. The Morgan fingerprint density at radius 1 is 1.24 bits per heavy atom. The summed E-state index contributed by atoms with van der Waals surface area (Å²) in [6.07, 6.45) is 4.76. The summed E-state index contributed by atoms with van der Waals surface area (Å²) in [4.78, 5) is 26.8. The predicted octanol–water partition coefficient (Wildman–Crippen LogP) is 2.54. The summed E-state index contributed by atoms with van der Waals surface area (Å²) in [5, 5.41) is 13.1. The standard InChI is InChI=1S/C16H18N2O3/c19-14(12-9-17-13-6-2-1-5-11(12)13)18-10-16(15(20)21)7-3-4-8-16/h1-2,5-6,9,17H,3-4,7-8,10H2,(H,18,19)(H,20,21). The van der Waals surface area contributed by atoms with Gasteiger partial charge in [-0.2, -0.15) is 0 Å². The molecule has 0 unspecified atom stereocenters. The van der Waals surface area contributed by atoms with Crippen molar-refractivity contribution in [2.45, 2.75) is 25.7 Å². The van der Waals surface area contributed by atoms with Crippen molar-refractivity contribution in [3.05, 3.63) is 36.0 Å². The molecule has 1 aliphatic rings. The number of H-pyrrole nitrogens is 1. The van der Waals surface area contributed by atoms with Crippen LogP contribution in [-0.2, 0) is 4.79 Å². The van der Waals surface area contributed by atoms with E-state index < -0.39 is 11.4 Å². The second-order valence-corrected chi connectivity index (χ2v) is 5.72. The largest absolute Gasteiger partial charge is 0.481 e. The molecule has 0 bridgehead atoms. The number of amides is 1. The summed E-state index contributed by atoms with van der Waals surface area (Å²) in [6, 6.07) is 7.56. The van der Waals surface area contributed by atoms with Crippen molar-refractivity contribution < 1.29 is 14.7 Å². The predicted molar refractivity (Wildman–Crippen MR) is 79.2 cm³/mol. The number of rotatable bonds is 4. The van der Waals surface area contributed by atoms with Crippen molar-refractivity contribution in [2.24, 2.45) is 5.41 Å². The van der Waals surface area contributed by atoms with Crippen LogP contribution in [0.2, 0.25) is 0 Å². The van der Waals surface area contributed by atoms with Crippen LogP contribution in [0.1, 0.15) is 36.0 Å². The quantitative estimate of drug-likeness (QED) is 0.807. The molecule has 0 radical (unpaired) electrons. The number of carboxylic acids is 1. The number of carboxylic acid groups (broad SMARTS) is 1. The first-order valence-corrected chi connectivity index (χ1v) is 7.20. The van der Waals surface area contributed by atoms with E-state index in [1.165, 1.54) is 0 Å². The fraction of sp³-hybridized carbons (Fsp3) is 0.375. The molecule has 1 heterocycles. The van der Waals surface area contributed by atoms with Gasteiger partial charge in [0.15, 0.2) is 0 Å². The third kappa shape index (κ3) is 2.39. The van der Waals surface area contributed by atoms with E-state index in [4.69, 9.17) is 0 Å². The minimum Gasteiger partial charge on any atom is -0.481 e. The maximum atomic E-state index is 12.3. The van der Waals surface area contributed by atoms with Crippen molar-refractivity contribution in [2.75, 3.05) is 6.54 Å². The molecule has 0 saturated heterocycles. The maximum absolute atomic E-state index is 12.3. The number of carbonyl (C=O) groups excluding carboxylic acids is 1. The molecule has 1 aromatic heterocycles. The van der Waals surface area contributed by atoms with Gasteiger partial charge >= 0.3 is 5.97 Å². The second kappa shape index (κ2) is 5.24. The minimum atomic E-state index is -0.806. The molecule has 2 aromatic rings. The highest BCUT2D eigenvalue weighted by molar-refractivity contribution is 6.06. The Hall–Kier alpha value is -2.30. The van der Waals surface area contributed by atoms with Crippen molar-refractivity contribution in [1.29, 1.82) is 0 Å². The minimum absolute atomic E-state index is 0.195. The summed E-state index contributed by atoms with van der Waals surface area (Å²) in [5.74, 6) is -1.03. The number of aromatic amines is 1. The van der Waals surface area contributed by atoms with Crippen LogP contribution in [0.4, 0.5) is 0 Å². The number of fused-ring (bicyclic) bond motifs is 1. The van der Waals surface area contributed by atoms with E-state index >= 15 is 0 Å². The van der Waals surface area contributed by atoms with Gasteiger partial charge in [-0.15, -0.1) is 0 Å². The first-order chi connectivity index (χ1) is 10.1. The molecular weight excluding hydrogens is 268 g/mol. The number of carbonyl (C=O) groups is 2. The van der Waals surface area contributed by atoms with Crippen LogP contribution >= 0.6 is 0 Å². The van der Waals surface area contributed by atoms with E-state index in [1.807, 2.05) is 24.3 Å². The first-order valence-electron chi connectivity index (χ1n) is 7.20. The molecule has 5 heteroatoms. The van der Waals surface area contributed by atoms with E-state index in [9.17, 15) is 14.7 Å². The molecule has 3 N–H and O–H groups in total. The molecule has 110 valence electrons. The first kappa shape index (κ1) is 13.7. The fourth-order valence-corrected chi connectivity index (χ4v) is 3.12. The molecule has 0 atom stereocenters. The van der Waals surface area contributed by atoms with E-state index in [0.29, 0.717) is 18.4 Å². The monoisotopic (exact) mass is 286 g/mol. The van der Waals surface area contributed by atoms with Crippen molar-refractivity contribution in [3.63, 3.8) is 0 Å². The zero-order chi connectivity index (χ0) is 14.9. The van der Waals surface area contributed by atoms with Crippen LogP contribution in [0, 0.1) is 5.41 Å². The lowest BCUT2D eigenvalue weighted by molar-refractivity contribution is -0.148. The van der Waals surface area contributed by atoms with E-state index in [0.717, 1.165) is 23.7 Å². The fourth-order valence-electron chi connectivity index (χ4n) is 3.12.